The molecular weight excluding hydrogens is 576 g/mol. The van der Waals surface area contributed by atoms with Crippen LogP contribution in [-0.2, 0) is 14.2 Å². The molecule has 4 heterocycles. The van der Waals surface area contributed by atoms with Gasteiger partial charge in [-0.05, 0) is 35.9 Å². The maximum Gasteiger partial charge on any atom is 0.261 e. The molecule has 5 aliphatic rings. The number of nitrogens with zero attached hydrogens (tertiary/aromatic N) is 2. The van der Waals surface area contributed by atoms with E-state index < -0.39 is 85.1 Å². The Labute approximate surface area is 250 Å². The Morgan fingerprint density at radius 3 is 1.82 bits per heavy atom. The first-order chi connectivity index (χ1) is 21.2. The van der Waals surface area contributed by atoms with Crippen LogP contribution in [0.5, 0.6) is 0 Å². The molecule has 0 radical (unpaired) electrons. The Morgan fingerprint density at radius 1 is 0.705 bits per heavy atom. The summed E-state index contributed by atoms with van der Waals surface area (Å²) in [5.41, 5.74) is 1.41. The number of carbonyl (C=O) groups is 4. The first-order valence-corrected chi connectivity index (χ1v) is 14.1. The fourth-order valence-corrected chi connectivity index (χ4v) is 6.53. The van der Waals surface area contributed by atoms with Crippen molar-refractivity contribution in [3.05, 3.63) is 94.8 Å². The van der Waals surface area contributed by atoms with Crippen molar-refractivity contribution in [2.75, 3.05) is 13.1 Å². The van der Waals surface area contributed by atoms with E-state index in [9.17, 15) is 39.6 Å². The van der Waals surface area contributed by atoms with Gasteiger partial charge in [-0.25, -0.2) is 0 Å². The second kappa shape index (κ2) is 10.7. The Kier molecular flexibility index (Phi) is 6.96. The summed E-state index contributed by atoms with van der Waals surface area (Å²) in [6, 6.07) is 12.7. The van der Waals surface area contributed by atoms with Gasteiger partial charge < -0.3 is 34.6 Å². The number of benzene rings is 2. The van der Waals surface area contributed by atoms with Gasteiger partial charge in [0.05, 0.1) is 53.6 Å². The topological polar surface area (TPSA) is 183 Å². The SMILES string of the molecule is O=C1c2ccccc2C(=O)N1CC1=C[C@@H](O)[C@@H]2C=CO[C@@H](O[C@@H]3O[C@H](CN4C(=O)c5ccccc5C4=O)[C@@H](O)[C@H](O)[C@H]3O)[C@H]12. The molecule has 0 spiro atoms. The lowest BCUT2D eigenvalue weighted by molar-refractivity contribution is -0.337. The van der Waals surface area contributed by atoms with E-state index in [-0.39, 0.29) is 28.8 Å². The number of hydrogen-bond acceptors (Lipinski definition) is 11. The van der Waals surface area contributed by atoms with Gasteiger partial charge >= 0.3 is 0 Å². The predicted molar refractivity (Wildman–Crippen MR) is 146 cm³/mol. The van der Waals surface area contributed by atoms with Crippen LogP contribution in [-0.4, -0.2) is 110 Å². The summed E-state index contributed by atoms with van der Waals surface area (Å²) in [4.78, 5) is 53.8. The summed E-state index contributed by atoms with van der Waals surface area (Å²) < 4.78 is 17.5. The maximum absolute atomic E-state index is 13.0. The van der Waals surface area contributed by atoms with Crippen molar-refractivity contribution in [2.45, 2.75) is 43.1 Å². The number of amides is 4. The van der Waals surface area contributed by atoms with Crippen molar-refractivity contribution < 1.29 is 53.8 Å². The second-order valence-electron chi connectivity index (χ2n) is 11.3. The Hall–Kier alpha value is -4.24. The van der Waals surface area contributed by atoms with Gasteiger partial charge in [-0.15, -0.1) is 0 Å². The van der Waals surface area contributed by atoms with Crippen LogP contribution in [0.3, 0.4) is 0 Å². The molecule has 1 saturated heterocycles. The molecule has 228 valence electrons. The highest BCUT2D eigenvalue weighted by atomic mass is 16.8. The van der Waals surface area contributed by atoms with Gasteiger partial charge in [0.15, 0.2) is 6.29 Å². The number of ether oxygens (including phenoxy) is 3. The molecule has 4 amide bonds. The number of hydrogen-bond donors (Lipinski definition) is 4. The summed E-state index contributed by atoms with van der Waals surface area (Å²) in [5, 5.41) is 43.0. The molecule has 0 saturated carbocycles. The van der Waals surface area contributed by atoms with Gasteiger partial charge in [0.2, 0.25) is 6.29 Å². The Balaban J connectivity index is 1.09. The summed E-state index contributed by atoms with van der Waals surface area (Å²) in [6.45, 7) is -0.586. The van der Waals surface area contributed by atoms with Crippen molar-refractivity contribution in [1.82, 2.24) is 9.80 Å². The van der Waals surface area contributed by atoms with Crippen LogP contribution in [0.4, 0.5) is 0 Å². The normalized spacial score (nSPS) is 34.2. The highest BCUT2D eigenvalue weighted by molar-refractivity contribution is 6.22. The first-order valence-electron chi connectivity index (χ1n) is 14.1. The molecule has 4 aliphatic heterocycles. The lowest BCUT2D eigenvalue weighted by Gasteiger charge is -2.43. The van der Waals surface area contributed by atoms with Crippen molar-refractivity contribution in [1.29, 1.82) is 0 Å². The minimum Gasteiger partial charge on any atom is -0.472 e. The third-order valence-electron chi connectivity index (χ3n) is 8.83. The molecular formula is C31H28N2O11. The first kappa shape index (κ1) is 28.5. The molecule has 0 aromatic heterocycles. The average molecular weight is 605 g/mol. The molecule has 44 heavy (non-hydrogen) atoms. The number of rotatable bonds is 6. The van der Waals surface area contributed by atoms with Crippen molar-refractivity contribution in [2.24, 2.45) is 11.8 Å². The van der Waals surface area contributed by atoms with Crippen LogP contribution in [0.1, 0.15) is 41.4 Å². The largest absolute Gasteiger partial charge is 0.472 e. The highest BCUT2D eigenvalue weighted by Crippen LogP contribution is 2.42. The van der Waals surface area contributed by atoms with Crippen molar-refractivity contribution >= 4 is 23.6 Å². The van der Waals surface area contributed by atoms with Crippen LogP contribution in [0.2, 0.25) is 0 Å². The second-order valence-corrected chi connectivity index (χ2v) is 11.3. The van der Waals surface area contributed by atoms with Gasteiger partial charge in [0.1, 0.15) is 24.4 Å². The van der Waals surface area contributed by atoms with E-state index in [4.69, 9.17) is 14.2 Å². The number of imide groups is 2. The summed E-state index contributed by atoms with van der Waals surface area (Å²) in [6.07, 6.45) is -5.90. The fraction of sp³-hybridized carbons (Fsp3) is 0.355. The van der Waals surface area contributed by atoms with E-state index in [0.717, 1.165) is 9.80 Å². The van der Waals surface area contributed by atoms with Crippen LogP contribution >= 0.6 is 0 Å². The van der Waals surface area contributed by atoms with E-state index >= 15 is 0 Å². The smallest absolute Gasteiger partial charge is 0.261 e. The molecule has 0 bridgehead atoms. The monoisotopic (exact) mass is 604 g/mol. The van der Waals surface area contributed by atoms with E-state index in [2.05, 4.69) is 0 Å². The Morgan fingerprint density at radius 2 is 1.25 bits per heavy atom. The number of carbonyl (C=O) groups excluding carboxylic acids is 4. The lowest BCUT2D eigenvalue weighted by atomic mass is 9.87. The molecule has 1 aliphatic carbocycles. The summed E-state index contributed by atoms with van der Waals surface area (Å²) in [5.74, 6) is -3.43. The summed E-state index contributed by atoms with van der Waals surface area (Å²) >= 11 is 0. The van der Waals surface area contributed by atoms with Gasteiger partial charge in [0, 0.05) is 5.92 Å². The van der Waals surface area contributed by atoms with E-state index in [1.807, 2.05) is 0 Å². The third kappa shape index (κ3) is 4.39. The molecule has 0 unspecified atom stereocenters. The molecule has 2 aromatic carbocycles. The van der Waals surface area contributed by atoms with Crippen molar-refractivity contribution in [3.8, 4) is 0 Å². The fourth-order valence-electron chi connectivity index (χ4n) is 6.53. The minimum absolute atomic E-state index is 0.153. The molecule has 9 atom stereocenters. The van der Waals surface area contributed by atoms with E-state index in [1.54, 1.807) is 42.5 Å². The molecule has 1 fully saturated rings. The zero-order chi connectivity index (χ0) is 30.9. The standard InChI is InChI=1S/C31H28N2O11/c34-20-11-14(12-32-26(38)15-5-1-2-6-16(15)27(32)39)22-19(20)9-10-42-30(22)44-31-25(37)24(36)23(35)21(43-31)13-33-28(40)17-7-3-4-8-18(17)29(33)41/h1-11,19-25,30-31,34-37H,12-13H2/t19-,20+,21+,22+,23+,24-,25+,30-,31-/m0/s1. The predicted octanol–water partition coefficient (Wildman–Crippen LogP) is -0.194. The average Bonchev–Trinajstić information content (AvgIpc) is 3.58. The molecule has 7 rings (SSSR count). The van der Waals surface area contributed by atoms with E-state index in [0.29, 0.717) is 5.57 Å². The van der Waals surface area contributed by atoms with Gasteiger partial charge in [-0.3, -0.25) is 29.0 Å². The van der Waals surface area contributed by atoms with Gasteiger partial charge in [-0.1, -0.05) is 30.3 Å². The molecule has 4 N–H and O–H groups in total. The molecule has 13 nitrogen and oxygen atoms in total. The van der Waals surface area contributed by atoms with E-state index in [1.165, 1.54) is 24.5 Å². The highest BCUT2D eigenvalue weighted by Gasteiger charge is 2.51. The van der Waals surface area contributed by atoms with Crippen LogP contribution in [0.25, 0.3) is 0 Å². The van der Waals surface area contributed by atoms with Crippen LogP contribution in [0.15, 0.2) is 72.5 Å². The number of aliphatic hydroxyl groups is 4. The Bertz CT molecular complexity index is 1550. The molecule has 2 aromatic rings. The summed E-state index contributed by atoms with van der Waals surface area (Å²) in [7, 11) is 0. The zero-order valence-corrected chi connectivity index (χ0v) is 23.0. The van der Waals surface area contributed by atoms with Gasteiger partial charge in [0.25, 0.3) is 23.6 Å². The zero-order valence-electron chi connectivity index (χ0n) is 23.0. The van der Waals surface area contributed by atoms with Crippen LogP contribution < -0.4 is 0 Å². The number of aliphatic hydroxyl groups excluding tert-OH is 4. The molecule has 13 heteroatoms. The number of fused-ring (bicyclic) bond motifs is 3. The quantitative estimate of drug-likeness (QED) is 0.253. The third-order valence-corrected chi connectivity index (χ3v) is 8.83. The maximum atomic E-state index is 13.0. The lowest BCUT2D eigenvalue weighted by Crippen LogP contribution is -2.62. The van der Waals surface area contributed by atoms with Crippen LogP contribution in [0, 0.1) is 11.8 Å². The van der Waals surface area contributed by atoms with Gasteiger partial charge in [-0.2, -0.15) is 0 Å². The minimum atomic E-state index is -1.77. The van der Waals surface area contributed by atoms with Crippen molar-refractivity contribution in [3.63, 3.8) is 0 Å².